The van der Waals surface area contributed by atoms with Crippen LogP contribution in [0.2, 0.25) is 0 Å². The standard InChI is InChI=1S/C13H20N4O/c1-17(2)9-4-3-8-15-13-16-12-10(14)6-5-7-11(12)18-13/h5-7H,3-4,8-9,14H2,1-2H3,(H,15,16). The first-order chi connectivity index (χ1) is 8.66. The van der Waals surface area contributed by atoms with Gasteiger partial charge in [-0.3, -0.25) is 0 Å². The lowest BCUT2D eigenvalue weighted by molar-refractivity contribution is 0.396. The van der Waals surface area contributed by atoms with Crippen molar-refractivity contribution < 1.29 is 4.42 Å². The summed E-state index contributed by atoms with van der Waals surface area (Å²) in [6, 6.07) is 6.11. The number of para-hydroxylation sites is 1. The van der Waals surface area contributed by atoms with E-state index in [1.807, 2.05) is 18.2 Å². The van der Waals surface area contributed by atoms with Gasteiger partial charge in [0, 0.05) is 6.54 Å². The number of nitrogens with one attached hydrogen (secondary N) is 1. The van der Waals surface area contributed by atoms with Gasteiger partial charge in [0.25, 0.3) is 6.01 Å². The van der Waals surface area contributed by atoms with Crippen molar-refractivity contribution in [2.24, 2.45) is 0 Å². The third-order valence-corrected chi connectivity index (χ3v) is 2.76. The molecule has 0 saturated heterocycles. The van der Waals surface area contributed by atoms with Crippen molar-refractivity contribution in [3.05, 3.63) is 18.2 Å². The summed E-state index contributed by atoms with van der Waals surface area (Å²) < 4.78 is 5.56. The molecule has 0 radical (unpaired) electrons. The van der Waals surface area contributed by atoms with Crippen molar-refractivity contribution in [1.82, 2.24) is 9.88 Å². The first-order valence-electron chi connectivity index (χ1n) is 6.20. The highest BCUT2D eigenvalue weighted by Gasteiger charge is 2.06. The van der Waals surface area contributed by atoms with Gasteiger partial charge in [-0.25, -0.2) is 0 Å². The van der Waals surface area contributed by atoms with Crippen molar-refractivity contribution in [2.45, 2.75) is 12.8 Å². The smallest absolute Gasteiger partial charge is 0.295 e. The maximum absolute atomic E-state index is 5.82. The van der Waals surface area contributed by atoms with Gasteiger partial charge in [0.15, 0.2) is 5.58 Å². The van der Waals surface area contributed by atoms with Crippen molar-refractivity contribution in [3.63, 3.8) is 0 Å². The van der Waals surface area contributed by atoms with Crippen LogP contribution >= 0.6 is 0 Å². The average Bonchev–Trinajstić information content (AvgIpc) is 2.72. The Bertz CT molecular complexity index is 507. The fraction of sp³-hybridized carbons (Fsp3) is 0.462. The van der Waals surface area contributed by atoms with Gasteiger partial charge in [-0.2, -0.15) is 4.98 Å². The monoisotopic (exact) mass is 248 g/mol. The van der Waals surface area contributed by atoms with Gasteiger partial charge in [0.1, 0.15) is 5.52 Å². The van der Waals surface area contributed by atoms with E-state index >= 15 is 0 Å². The maximum atomic E-state index is 5.82. The third-order valence-electron chi connectivity index (χ3n) is 2.76. The molecule has 0 aliphatic heterocycles. The second-order valence-electron chi connectivity index (χ2n) is 4.65. The van der Waals surface area contributed by atoms with Gasteiger partial charge in [-0.05, 0) is 45.6 Å². The molecule has 3 N–H and O–H groups in total. The van der Waals surface area contributed by atoms with E-state index in [1.165, 1.54) is 0 Å². The van der Waals surface area contributed by atoms with Gasteiger partial charge in [0.05, 0.1) is 5.69 Å². The van der Waals surface area contributed by atoms with Crippen LogP contribution in [0.5, 0.6) is 0 Å². The fourth-order valence-corrected chi connectivity index (χ4v) is 1.79. The van der Waals surface area contributed by atoms with Crippen LogP contribution in [-0.2, 0) is 0 Å². The van der Waals surface area contributed by atoms with Crippen LogP contribution in [-0.4, -0.2) is 37.1 Å². The molecule has 5 heteroatoms. The molecule has 5 nitrogen and oxygen atoms in total. The Morgan fingerprint density at radius 3 is 2.89 bits per heavy atom. The average molecular weight is 248 g/mol. The molecular weight excluding hydrogens is 228 g/mol. The predicted molar refractivity (Wildman–Crippen MR) is 74.7 cm³/mol. The van der Waals surface area contributed by atoms with Crippen molar-refractivity contribution in [3.8, 4) is 0 Å². The van der Waals surface area contributed by atoms with E-state index in [-0.39, 0.29) is 0 Å². The molecule has 0 unspecified atom stereocenters. The Morgan fingerprint density at radius 1 is 1.33 bits per heavy atom. The van der Waals surface area contributed by atoms with E-state index in [4.69, 9.17) is 10.2 Å². The number of anilines is 2. The summed E-state index contributed by atoms with van der Waals surface area (Å²) >= 11 is 0. The summed E-state index contributed by atoms with van der Waals surface area (Å²) in [6.07, 6.45) is 2.24. The lowest BCUT2D eigenvalue weighted by Crippen LogP contribution is -2.14. The molecule has 2 rings (SSSR count). The zero-order chi connectivity index (χ0) is 13.0. The van der Waals surface area contributed by atoms with E-state index in [1.54, 1.807) is 0 Å². The minimum atomic E-state index is 0.549. The first-order valence-corrected chi connectivity index (χ1v) is 6.20. The molecule has 98 valence electrons. The van der Waals surface area contributed by atoms with Crippen molar-refractivity contribution >= 4 is 22.8 Å². The Kier molecular flexibility index (Phi) is 4.04. The van der Waals surface area contributed by atoms with Crippen LogP contribution in [0.25, 0.3) is 11.1 Å². The molecule has 1 heterocycles. The van der Waals surface area contributed by atoms with Gasteiger partial charge in [0.2, 0.25) is 0 Å². The molecule has 0 saturated carbocycles. The number of hydrogen-bond donors (Lipinski definition) is 2. The Morgan fingerprint density at radius 2 is 2.17 bits per heavy atom. The molecule has 1 aromatic heterocycles. The normalized spacial score (nSPS) is 11.3. The largest absolute Gasteiger partial charge is 0.423 e. The molecule has 0 fully saturated rings. The van der Waals surface area contributed by atoms with Crippen LogP contribution in [0, 0.1) is 0 Å². The van der Waals surface area contributed by atoms with E-state index in [0.717, 1.165) is 37.0 Å². The SMILES string of the molecule is CN(C)CCCCNc1nc2c(N)cccc2o1. The van der Waals surface area contributed by atoms with Gasteiger partial charge in [-0.1, -0.05) is 6.07 Å². The highest BCUT2D eigenvalue weighted by atomic mass is 16.4. The Balaban J connectivity index is 1.87. The molecular formula is C13H20N4O. The molecule has 0 aliphatic rings. The van der Waals surface area contributed by atoms with Crippen molar-refractivity contribution in [2.75, 3.05) is 38.2 Å². The number of hydrogen-bond acceptors (Lipinski definition) is 5. The quantitative estimate of drug-likeness (QED) is 0.605. The van der Waals surface area contributed by atoms with E-state index < -0.39 is 0 Å². The summed E-state index contributed by atoms with van der Waals surface area (Å²) in [7, 11) is 4.16. The second-order valence-corrected chi connectivity index (χ2v) is 4.65. The van der Waals surface area contributed by atoms with E-state index in [9.17, 15) is 0 Å². The summed E-state index contributed by atoms with van der Waals surface area (Å²) in [4.78, 5) is 6.51. The van der Waals surface area contributed by atoms with E-state index in [0.29, 0.717) is 11.7 Å². The molecule has 0 atom stereocenters. The summed E-state index contributed by atoms with van der Waals surface area (Å²) in [5.74, 6) is 0. The number of benzene rings is 1. The van der Waals surface area contributed by atoms with Crippen LogP contribution < -0.4 is 11.1 Å². The molecule has 1 aromatic carbocycles. The molecule has 0 spiro atoms. The van der Waals surface area contributed by atoms with Crippen LogP contribution in [0.1, 0.15) is 12.8 Å². The molecule has 0 aliphatic carbocycles. The van der Waals surface area contributed by atoms with Gasteiger partial charge >= 0.3 is 0 Å². The Labute approximate surface area is 107 Å². The van der Waals surface area contributed by atoms with Gasteiger partial charge in [-0.15, -0.1) is 0 Å². The lowest BCUT2D eigenvalue weighted by Gasteiger charge is -2.08. The topological polar surface area (TPSA) is 67.3 Å². The lowest BCUT2D eigenvalue weighted by atomic mass is 10.3. The zero-order valence-corrected chi connectivity index (χ0v) is 10.9. The minimum absolute atomic E-state index is 0.549. The molecule has 2 aromatic rings. The third kappa shape index (κ3) is 3.13. The molecule has 18 heavy (non-hydrogen) atoms. The van der Waals surface area contributed by atoms with Crippen molar-refractivity contribution in [1.29, 1.82) is 0 Å². The number of aromatic nitrogens is 1. The van der Waals surface area contributed by atoms with Crippen LogP contribution in [0.3, 0.4) is 0 Å². The molecule has 0 amide bonds. The summed E-state index contributed by atoms with van der Waals surface area (Å²) in [5.41, 5.74) is 7.93. The number of oxazole rings is 1. The molecule has 0 bridgehead atoms. The van der Waals surface area contributed by atoms with E-state index in [2.05, 4.69) is 29.3 Å². The number of fused-ring (bicyclic) bond motifs is 1. The van der Waals surface area contributed by atoms with Crippen LogP contribution in [0.4, 0.5) is 11.7 Å². The summed E-state index contributed by atoms with van der Waals surface area (Å²) in [6.45, 7) is 1.96. The number of nitrogens with zero attached hydrogens (tertiary/aromatic N) is 2. The highest BCUT2D eigenvalue weighted by molar-refractivity contribution is 5.86. The number of nitrogen functional groups attached to an aromatic ring is 1. The summed E-state index contributed by atoms with van der Waals surface area (Å²) in [5, 5.41) is 3.18. The first kappa shape index (κ1) is 12.7. The Hall–Kier alpha value is -1.75. The van der Waals surface area contributed by atoms with Gasteiger partial charge < -0.3 is 20.4 Å². The zero-order valence-electron chi connectivity index (χ0n) is 10.9. The number of rotatable bonds is 6. The maximum Gasteiger partial charge on any atom is 0.295 e. The highest BCUT2D eigenvalue weighted by Crippen LogP contribution is 2.23. The number of unbranched alkanes of at least 4 members (excludes halogenated alkanes) is 1. The second kappa shape index (κ2) is 5.73. The minimum Gasteiger partial charge on any atom is -0.423 e. The fourth-order valence-electron chi connectivity index (χ4n) is 1.79. The van der Waals surface area contributed by atoms with Crippen LogP contribution in [0.15, 0.2) is 22.6 Å². The number of nitrogens with two attached hydrogens (primary N) is 1. The predicted octanol–water partition coefficient (Wildman–Crippen LogP) is 2.16.